The normalized spacial score (nSPS) is 25.2. The van der Waals surface area contributed by atoms with Gasteiger partial charge in [-0.2, -0.15) is 0 Å². The smallest absolute Gasteiger partial charge is 0.220 e. The minimum absolute atomic E-state index is 0.251. The lowest BCUT2D eigenvalue weighted by Gasteiger charge is -2.48. The molecule has 3 heterocycles. The van der Waals surface area contributed by atoms with Crippen molar-refractivity contribution in [3.8, 4) is 0 Å². The van der Waals surface area contributed by atoms with Crippen LogP contribution in [-0.4, -0.2) is 193 Å². The first-order valence-electron chi connectivity index (χ1n) is 46.4. The number of carbonyl (C=O) groups is 1. The molecule has 0 radical (unpaired) electrons. The Bertz CT molecular complexity index is 2010. The standard InChI is InChI=1S/C90H173NO18/c1-3-5-7-9-11-13-15-17-19-21-23-25-27-29-31-33-34-35-36-37-38-39-40-42-44-46-48-50-52-54-56-58-60-62-64-66-68-78(96)91-73(74(95)67-65-63-61-59-57-55-53-51-49-47-45-43-41-32-30-28-26-24-22-20-18-16-14-12-10-8-6-4-2)72-104-88-84(102)81(99)86(76(70-93)106-88)109-90-85(103)82(100)87(77(71-94)107-90)108-89-83(101)80(98)79(97)75(69-92)105-89/h65,67,73-77,79-90,92-95,97-103H,3-64,66,68-72H2,1-2H3,(H,91,96)/b67-65+. The van der Waals surface area contributed by atoms with Gasteiger partial charge >= 0.3 is 0 Å². The number of unbranched alkanes of at least 4 members (excludes halogenated alkanes) is 61. The third-order valence-corrected chi connectivity index (χ3v) is 23.6. The molecule has 0 aromatic heterocycles. The first-order valence-corrected chi connectivity index (χ1v) is 46.4. The molecule has 646 valence electrons. The molecule has 0 spiro atoms. The number of allylic oxidation sites excluding steroid dienone is 1. The van der Waals surface area contributed by atoms with Crippen molar-refractivity contribution in [1.82, 2.24) is 5.32 Å². The molecule has 0 aromatic rings. The number of hydrogen-bond acceptors (Lipinski definition) is 18. The van der Waals surface area contributed by atoms with Gasteiger partial charge in [0.05, 0.1) is 38.6 Å². The minimum Gasteiger partial charge on any atom is -0.394 e. The Morgan fingerprint density at radius 3 is 0.862 bits per heavy atom. The molecule has 0 aromatic carbocycles. The van der Waals surface area contributed by atoms with Crippen LogP contribution in [0.5, 0.6) is 0 Å². The summed E-state index contributed by atoms with van der Waals surface area (Å²) in [5, 5.41) is 121. The fourth-order valence-corrected chi connectivity index (χ4v) is 16.2. The van der Waals surface area contributed by atoms with Gasteiger partial charge in [0.1, 0.15) is 73.2 Å². The van der Waals surface area contributed by atoms with Gasteiger partial charge in [0.15, 0.2) is 18.9 Å². The van der Waals surface area contributed by atoms with Crippen molar-refractivity contribution in [3.63, 3.8) is 0 Å². The van der Waals surface area contributed by atoms with Crippen LogP contribution in [0.2, 0.25) is 0 Å². The molecular formula is C90H173NO18. The van der Waals surface area contributed by atoms with Gasteiger partial charge < -0.3 is 89.9 Å². The van der Waals surface area contributed by atoms with E-state index in [-0.39, 0.29) is 18.9 Å². The zero-order valence-corrected chi connectivity index (χ0v) is 69.8. The molecule has 17 unspecified atom stereocenters. The van der Waals surface area contributed by atoms with Gasteiger partial charge in [-0.25, -0.2) is 0 Å². The van der Waals surface area contributed by atoms with E-state index in [2.05, 4.69) is 19.2 Å². The molecule has 19 nitrogen and oxygen atoms in total. The summed E-state index contributed by atoms with van der Waals surface area (Å²) >= 11 is 0. The first kappa shape index (κ1) is 102. The summed E-state index contributed by atoms with van der Waals surface area (Å²) < 4.78 is 34.6. The number of rotatable bonds is 77. The maximum absolute atomic E-state index is 13.5. The van der Waals surface area contributed by atoms with E-state index < -0.39 is 124 Å². The second-order valence-corrected chi connectivity index (χ2v) is 33.5. The van der Waals surface area contributed by atoms with Crippen molar-refractivity contribution in [2.75, 3.05) is 26.4 Å². The third kappa shape index (κ3) is 49.4. The lowest BCUT2D eigenvalue weighted by Crippen LogP contribution is -2.66. The van der Waals surface area contributed by atoms with E-state index in [0.717, 1.165) is 44.9 Å². The lowest BCUT2D eigenvalue weighted by molar-refractivity contribution is -0.379. The molecule has 3 rings (SSSR count). The van der Waals surface area contributed by atoms with E-state index in [9.17, 15) is 61.0 Å². The molecule has 12 N–H and O–H groups in total. The molecule has 3 fully saturated rings. The third-order valence-electron chi connectivity index (χ3n) is 23.6. The fraction of sp³-hybridized carbons (Fsp3) is 0.967. The van der Waals surface area contributed by atoms with Crippen molar-refractivity contribution in [2.24, 2.45) is 0 Å². The molecule has 3 aliphatic rings. The van der Waals surface area contributed by atoms with Crippen LogP contribution in [0.25, 0.3) is 0 Å². The Morgan fingerprint density at radius 2 is 0.569 bits per heavy atom. The van der Waals surface area contributed by atoms with E-state index in [1.165, 1.54) is 353 Å². The summed E-state index contributed by atoms with van der Waals surface area (Å²) in [5.74, 6) is -0.264. The van der Waals surface area contributed by atoms with Gasteiger partial charge in [-0.1, -0.05) is 411 Å². The van der Waals surface area contributed by atoms with Gasteiger partial charge in [-0.3, -0.25) is 4.79 Å². The maximum Gasteiger partial charge on any atom is 0.220 e. The Kier molecular flexibility index (Phi) is 66.0. The summed E-state index contributed by atoms with van der Waals surface area (Å²) in [4.78, 5) is 13.5. The molecule has 109 heavy (non-hydrogen) atoms. The topological polar surface area (TPSA) is 307 Å². The highest BCUT2D eigenvalue weighted by molar-refractivity contribution is 5.76. The molecule has 19 heteroatoms. The number of aliphatic hydroxyl groups is 11. The van der Waals surface area contributed by atoms with E-state index in [0.29, 0.717) is 6.42 Å². The Morgan fingerprint density at radius 1 is 0.321 bits per heavy atom. The van der Waals surface area contributed by atoms with Crippen LogP contribution >= 0.6 is 0 Å². The number of ether oxygens (including phenoxy) is 6. The van der Waals surface area contributed by atoms with Crippen LogP contribution in [0.4, 0.5) is 0 Å². The SMILES string of the molecule is CCCCCCCCCCCCCCCCCCCCCCCCCCCC/C=C/C(O)C(COC1OC(CO)C(OC2OC(CO)C(OC3OC(CO)C(O)C(O)C3O)C(O)C2O)C(O)C1O)NC(=O)CCCCCCCCCCCCCCCCCCCCCCCCCCCCCCCCCCCCCC. The zero-order chi connectivity index (χ0) is 78.8. The van der Waals surface area contributed by atoms with Gasteiger partial charge in [0.25, 0.3) is 0 Å². The molecule has 1 amide bonds. The van der Waals surface area contributed by atoms with E-state index in [1.807, 2.05) is 6.08 Å². The summed E-state index contributed by atoms with van der Waals surface area (Å²) in [7, 11) is 0. The van der Waals surface area contributed by atoms with Crippen LogP contribution < -0.4 is 5.32 Å². The highest BCUT2D eigenvalue weighted by atomic mass is 16.8. The van der Waals surface area contributed by atoms with Crippen molar-refractivity contribution in [2.45, 2.75) is 529 Å². The average Bonchev–Trinajstić information content (AvgIpc) is 0.784. The Balaban J connectivity index is 1.31. The van der Waals surface area contributed by atoms with Crippen molar-refractivity contribution >= 4 is 5.91 Å². The number of amides is 1. The van der Waals surface area contributed by atoms with Gasteiger partial charge in [0.2, 0.25) is 5.91 Å². The molecule has 0 bridgehead atoms. The van der Waals surface area contributed by atoms with Crippen LogP contribution in [-0.2, 0) is 33.2 Å². The number of hydrogen-bond donors (Lipinski definition) is 12. The molecule has 3 saturated heterocycles. The maximum atomic E-state index is 13.5. The second-order valence-electron chi connectivity index (χ2n) is 33.5. The fourth-order valence-electron chi connectivity index (χ4n) is 16.2. The minimum atomic E-state index is -1.98. The highest BCUT2D eigenvalue weighted by Gasteiger charge is 2.54. The van der Waals surface area contributed by atoms with Gasteiger partial charge in [0, 0.05) is 6.42 Å². The van der Waals surface area contributed by atoms with E-state index in [1.54, 1.807) is 6.08 Å². The monoisotopic (exact) mass is 1560 g/mol. The first-order chi connectivity index (χ1) is 53.3. The number of aliphatic hydroxyl groups excluding tert-OH is 11. The van der Waals surface area contributed by atoms with Crippen molar-refractivity contribution in [1.29, 1.82) is 0 Å². The largest absolute Gasteiger partial charge is 0.394 e. The molecular weight excluding hydrogens is 1380 g/mol. The van der Waals surface area contributed by atoms with Crippen LogP contribution in [0.1, 0.15) is 425 Å². The van der Waals surface area contributed by atoms with E-state index in [4.69, 9.17) is 28.4 Å². The van der Waals surface area contributed by atoms with Crippen LogP contribution in [0.15, 0.2) is 12.2 Å². The second kappa shape index (κ2) is 70.7. The highest BCUT2D eigenvalue weighted by Crippen LogP contribution is 2.34. The summed E-state index contributed by atoms with van der Waals surface area (Å²) in [5.41, 5.74) is 0. The summed E-state index contributed by atoms with van der Waals surface area (Å²) in [6, 6.07) is -0.971. The van der Waals surface area contributed by atoms with Gasteiger partial charge in [-0.15, -0.1) is 0 Å². The number of nitrogens with one attached hydrogen (secondary N) is 1. The Hall–Kier alpha value is -1.47. The van der Waals surface area contributed by atoms with Crippen LogP contribution in [0.3, 0.4) is 0 Å². The quantitative estimate of drug-likeness (QED) is 0.0199. The number of carbonyl (C=O) groups excluding carboxylic acids is 1. The average molecular weight is 1560 g/mol. The van der Waals surface area contributed by atoms with Crippen LogP contribution in [0, 0.1) is 0 Å². The van der Waals surface area contributed by atoms with Crippen molar-refractivity contribution < 1.29 is 89.4 Å². The summed E-state index contributed by atoms with van der Waals surface area (Å²) in [6.45, 7) is 1.82. The molecule has 17 atom stereocenters. The zero-order valence-electron chi connectivity index (χ0n) is 69.8. The summed E-state index contributed by atoms with van der Waals surface area (Å²) in [6.07, 6.45) is 60.9. The predicted molar refractivity (Wildman–Crippen MR) is 439 cm³/mol. The van der Waals surface area contributed by atoms with Crippen molar-refractivity contribution in [3.05, 3.63) is 12.2 Å². The molecule has 3 aliphatic heterocycles. The predicted octanol–water partition coefficient (Wildman–Crippen LogP) is 17.9. The van der Waals surface area contributed by atoms with E-state index >= 15 is 0 Å². The lowest BCUT2D eigenvalue weighted by atomic mass is 9.96. The van der Waals surface area contributed by atoms with Gasteiger partial charge in [-0.05, 0) is 19.3 Å². The molecule has 0 aliphatic carbocycles. The molecule has 0 saturated carbocycles. The Labute approximate surface area is 665 Å².